The molecule has 17 heavy (non-hydrogen) atoms. The summed E-state index contributed by atoms with van der Waals surface area (Å²) in [5.41, 5.74) is 4.26. The molecule has 0 spiro atoms. The van der Waals surface area contributed by atoms with Crippen LogP contribution in [-0.2, 0) is 6.42 Å². The van der Waals surface area contributed by atoms with Crippen LogP contribution >= 0.6 is 15.9 Å². The molecule has 0 unspecified atom stereocenters. The highest BCUT2D eigenvalue weighted by Crippen LogP contribution is 2.24. The van der Waals surface area contributed by atoms with Crippen molar-refractivity contribution in [2.75, 3.05) is 6.61 Å². The highest BCUT2D eigenvalue weighted by atomic mass is 79.9. The zero-order valence-corrected chi connectivity index (χ0v) is 11.5. The molecule has 0 aliphatic heterocycles. The average Bonchev–Trinajstić information content (AvgIpc) is 2.59. The summed E-state index contributed by atoms with van der Waals surface area (Å²) in [7, 11) is 0. The minimum absolute atomic E-state index is 0.138. The molecule has 1 heterocycles. The van der Waals surface area contributed by atoms with E-state index in [1.165, 1.54) is 5.56 Å². The first-order valence-electron chi connectivity index (χ1n) is 5.55. The van der Waals surface area contributed by atoms with Crippen molar-refractivity contribution < 1.29 is 5.11 Å². The number of aliphatic hydroxyl groups excluding tert-OH is 1. The molecule has 2 rings (SSSR count). The van der Waals surface area contributed by atoms with Gasteiger partial charge in [-0.05, 0) is 41.9 Å². The first kappa shape index (κ1) is 12.3. The van der Waals surface area contributed by atoms with Crippen molar-refractivity contribution in [1.29, 1.82) is 0 Å². The second kappa shape index (κ2) is 5.02. The van der Waals surface area contributed by atoms with E-state index in [-0.39, 0.29) is 6.61 Å². The molecule has 1 N–H and O–H groups in total. The van der Waals surface area contributed by atoms with Gasteiger partial charge in [-0.15, -0.1) is 0 Å². The Morgan fingerprint density at radius 3 is 2.47 bits per heavy atom. The second-order valence-electron chi connectivity index (χ2n) is 4.08. The topological polar surface area (TPSA) is 38.0 Å². The van der Waals surface area contributed by atoms with Crippen LogP contribution in [0.4, 0.5) is 0 Å². The molecule has 0 aliphatic rings. The number of halogens is 1. The Labute approximate surface area is 109 Å². The van der Waals surface area contributed by atoms with Gasteiger partial charge in [0.15, 0.2) is 0 Å². The van der Waals surface area contributed by atoms with E-state index in [1.54, 1.807) is 0 Å². The Kier molecular flexibility index (Phi) is 3.64. The molecule has 0 bridgehead atoms. The molecule has 0 amide bonds. The number of rotatable bonds is 3. The highest BCUT2D eigenvalue weighted by molar-refractivity contribution is 9.10. The van der Waals surface area contributed by atoms with E-state index in [0.717, 1.165) is 21.5 Å². The predicted molar refractivity (Wildman–Crippen MR) is 71.5 cm³/mol. The maximum absolute atomic E-state index is 9.03. The van der Waals surface area contributed by atoms with Gasteiger partial charge in [0.1, 0.15) is 4.60 Å². The Morgan fingerprint density at radius 1 is 1.24 bits per heavy atom. The summed E-state index contributed by atoms with van der Waals surface area (Å²) < 4.78 is 2.78. The van der Waals surface area contributed by atoms with Crippen molar-refractivity contribution in [1.82, 2.24) is 9.78 Å². The Hall–Kier alpha value is -1.13. The molecular formula is C13H15BrN2O. The van der Waals surface area contributed by atoms with Gasteiger partial charge in [0, 0.05) is 18.6 Å². The fourth-order valence-corrected chi connectivity index (χ4v) is 2.55. The lowest BCUT2D eigenvalue weighted by atomic mass is 10.2. The van der Waals surface area contributed by atoms with Gasteiger partial charge < -0.3 is 5.11 Å². The Bertz CT molecular complexity index is 517. The summed E-state index contributed by atoms with van der Waals surface area (Å²) in [5, 5.41) is 13.5. The number of nitrogens with zero attached hydrogens (tertiary/aromatic N) is 2. The third kappa shape index (κ3) is 2.42. The molecule has 2 aromatic rings. The van der Waals surface area contributed by atoms with E-state index in [2.05, 4.69) is 40.1 Å². The molecule has 0 atom stereocenters. The van der Waals surface area contributed by atoms with Gasteiger partial charge in [-0.2, -0.15) is 5.10 Å². The van der Waals surface area contributed by atoms with Gasteiger partial charge in [-0.3, -0.25) is 0 Å². The number of hydrogen-bond donors (Lipinski definition) is 1. The molecule has 0 fully saturated rings. The molecule has 1 aromatic heterocycles. The zero-order chi connectivity index (χ0) is 12.4. The third-order valence-corrected chi connectivity index (χ3v) is 3.58. The van der Waals surface area contributed by atoms with E-state index in [4.69, 9.17) is 5.11 Å². The molecule has 3 nitrogen and oxygen atoms in total. The van der Waals surface area contributed by atoms with Crippen molar-refractivity contribution in [3.05, 3.63) is 45.7 Å². The predicted octanol–water partition coefficient (Wildman–Crippen LogP) is 2.79. The van der Waals surface area contributed by atoms with Gasteiger partial charge in [-0.1, -0.05) is 17.7 Å². The lowest BCUT2D eigenvalue weighted by Crippen LogP contribution is -1.97. The maximum atomic E-state index is 9.03. The van der Waals surface area contributed by atoms with Crippen molar-refractivity contribution >= 4 is 15.9 Å². The van der Waals surface area contributed by atoms with Crippen molar-refractivity contribution in [2.45, 2.75) is 20.3 Å². The first-order valence-corrected chi connectivity index (χ1v) is 6.34. The molecule has 1 aromatic carbocycles. The van der Waals surface area contributed by atoms with Crippen LogP contribution in [0.2, 0.25) is 0 Å². The summed E-state index contributed by atoms with van der Waals surface area (Å²) in [6.45, 7) is 4.16. The standard InChI is InChI=1S/C13H15BrN2O/c1-9-3-5-11(6-4-9)16-13(14)12(7-8-17)10(2)15-16/h3-6,17H,7-8H2,1-2H3. The highest BCUT2D eigenvalue weighted by Gasteiger charge is 2.13. The number of aliphatic hydroxyl groups is 1. The molecule has 4 heteroatoms. The zero-order valence-electron chi connectivity index (χ0n) is 9.94. The van der Waals surface area contributed by atoms with E-state index in [9.17, 15) is 0 Å². The van der Waals surface area contributed by atoms with Gasteiger partial charge in [0.05, 0.1) is 11.4 Å². The largest absolute Gasteiger partial charge is 0.396 e. The molecular weight excluding hydrogens is 280 g/mol. The van der Waals surface area contributed by atoms with Crippen LogP contribution in [0.5, 0.6) is 0 Å². The van der Waals surface area contributed by atoms with Gasteiger partial charge in [-0.25, -0.2) is 4.68 Å². The SMILES string of the molecule is Cc1ccc(-n2nc(C)c(CCO)c2Br)cc1. The van der Waals surface area contributed by atoms with Crippen LogP contribution in [0.25, 0.3) is 5.69 Å². The van der Waals surface area contributed by atoms with E-state index < -0.39 is 0 Å². The number of hydrogen-bond acceptors (Lipinski definition) is 2. The lowest BCUT2D eigenvalue weighted by Gasteiger charge is -2.04. The van der Waals surface area contributed by atoms with Crippen LogP contribution < -0.4 is 0 Å². The van der Waals surface area contributed by atoms with Crippen molar-refractivity contribution in [3.63, 3.8) is 0 Å². The second-order valence-corrected chi connectivity index (χ2v) is 4.83. The average molecular weight is 295 g/mol. The minimum atomic E-state index is 0.138. The third-order valence-electron chi connectivity index (χ3n) is 2.76. The Balaban J connectivity index is 2.46. The lowest BCUT2D eigenvalue weighted by molar-refractivity contribution is 0.299. The van der Waals surface area contributed by atoms with Gasteiger partial charge in [0.25, 0.3) is 0 Å². The van der Waals surface area contributed by atoms with Crippen LogP contribution in [0, 0.1) is 13.8 Å². The fourth-order valence-electron chi connectivity index (χ4n) is 1.78. The quantitative estimate of drug-likeness (QED) is 0.945. The summed E-state index contributed by atoms with van der Waals surface area (Å²) in [6.07, 6.45) is 0.623. The number of benzene rings is 1. The van der Waals surface area contributed by atoms with E-state index in [0.29, 0.717) is 6.42 Å². The molecule has 0 saturated heterocycles. The molecule has 0 aliphatic carbocycles. The van der Waals surface area contributed by atoms with Crippen LogP contribution in [0.3, 0.4) is 0 Å². The van der Waals surface area contributed by atoms with Crippen molar-refractivity contribution in [3.8, 4) is 5.69 Å². The monoisotopic (exact) mass is 294 g/mol. The summed E-state index contributed by atoms with van der Waals surface area (Å²) >= 11 is 3.55. The van der Waals surface area contributed by atoms with Crippen LogP contribution in [0.1, 0.15) is 16.8 Å². The molecule has 90 valence electrons. The summed E-state index contributed by atoms with van der Waals surface area (Å²) in [5.74, 6) is 0. The van der Waals surface area contributed by atoms with E-state index >= 15 is 0 Å². The maximum Gasteiger partial charge on any atom is 0.113 e. The number of aryl methyl sites for hydroxylation is 2. The minimum Gasteiger partial charge on any atom is -0.396 e. The van der Waals surface area contributed by atoms with Gasteiger partial charge in [0.2, 0.25) is 0 Å². The molecule has 0 radical (unpaired) electrons. The summed E-state index contributed by atoms with van der Waals surface area (Å²) in [6, 6.07) is 8.19. The number of aromatic nitrogens is 2. The summed E-state index contributed by atoms with van der Waals surface area (Å²) in [4.78, 5) is 0. The van der Waals surface area contributed by atoms with Crippen LogP contribution in [-0.4, -0.2) is 21.5 Å². The molecule has 0 saturated carbocycles. The van der Waals surface area contributed by atoms with Crippen LogP contribution in [0.15, 0.2) is 28.9 Å². The fraction of sp³-hybridized carbons (Fsp3) is 0.308. The Morgan fingerprint density at radius 2 is 1.88 bits per heavy atom. The normalized spacial score (nSPS) is 10.8. The van der Waals surface area contributed by atoms with E-state index in [1.807, 2.05) is 23.7 Å². The van der Waals surface area contributed by atoms with Crippen molar-refractivity contribution in [2.24, 2.45) is 0 Å². The first-order chi connectivity index (χ1) is 8.13. The smallest absolute Gasteiger partial charge is 0.113 e. The van der Waals surface area contributed by atoms with Gasteiger partial charge >= 0.3 is 0 Å².